The number of alkyl halides is 1. The monoisotopic (exact) mass is 284 g/mol. The molecule has 1 atom stereocenters. The number of rotatable bonds is 6. The summed E-state index contributed by atoms with van der Waals surface area (Å²) in [6.07, 6.45) is 0. The molecule has 0 fully saturated rings. The molecule has 1 aromatic rings. The Morgan fingerprint density at radius 2 is 1.79 bits per heavy atom. The van der Waals surface area contributed by atoms with Crippen molar-refractivity contribution in [2.24, 2.45) is 0 Å². The molecule has 0 heterocycles. The van der Waals surface area contributed by atoms with Gasteiger partial charge >= 0.3 is 0 Å². The molecular formula is C13H17ClN2O3. The maximum absolute atomic E-state index is 11.8. The van der Waals surface area contributed by atoms with E-state index in [9.17, 15) is 9.59 Å². The van der Waals surface area contributed by atoms with Crippen LogP contribution in [0.4, 0.5) is 0 Å². The van der Waals surface area contributed by atoms with Crippen molar-refractivity contribution < 1.29 is 14.3 Å². The van der Waals surface area contributed by atoms with E-state index >= 15 is 0 Å². The van der Waals surface area contributed by atoms with Gasteiger partial charge in [0.25, 0.3) is 0 Å². The van der Waals surface area contributed by atoms with Crippen molar-refractivity contribution in [2.45, 2.75) is 12.3 Å². The Morgan fingerprint density at radius 1 is 1.21 bits per heavy atom. The van der Waals surface area contributed by atoms with E-state index in [4.69, 9.17) is 16.3 Å². The van der Waals surface area contributed by atoms with Crippen molar-refractivity contribution in [1.82, 2.24) is 10.6 Å². The molecule has 0 radical (unpaired) electrons. The second-order valence-corrected chi connectivity index (χ2v) is 4.35. The normalized spacial score (nSPS) is 11.5. The lowest BCUT2D eigenvalue weighted by Gasteiger charge is -2.11. The number of halogens is 1. The summed E-state index contributed by atoms with van der Waals surface area (Å²) in [6.45, 7) is 2.15. The standard InChI is InChI=1S/C13H17ClN2O3/c1-9(17)15-7-8-16-13(18)12(14)10-3-5-11(19-2)6-4-10/h3-6,12H,7-8H2,1-2H3,(H,15,17)(H,16,18). The van der Waals surface area contributed by atoms with Gasteiger partial charge in [0.1, 0.15) is 11.1 Å². The molecule has 0 bridgehead atoms. The van der Waals surface area contributed by atoms with Crippen LogP contribution in [0.3, 0.4) is 0 Å². The Morgan fingerprint density at radius 3 is 2.32 bits per heavy atom. The lowest BCUT2D eigenvalue weighted by Crippen LogP contribution is -2.35. The average molecular weight is 285 g/mol. The van der Waals surface area contributed by atoms with Gasteiger partial charge in [0.15, 0.2) is 0 Å². The number of carbonyl (C=O) groups is 2. The zero-order chi connectivity index (χ0) is 14.3. The lowest BCUT2D eigenvalue weighted by molar-refractivity contribution is -0.121. The van der Waals surface area contributed by atoms with Crippen LogP contribution in [0.2, 0.25) is 0 Å². The first-order valence-corrected chi connectivity index (χ1v) is 6.28. The maximum Gasteiger partial charge on any atom is 0.242 e. The van der Waals surface area contributed by atoms with Crippen LogP contribution in [0.25, 0.3) is 0 Å². The highest BCUT2D eigenvalue weighted by molar-refractivity contribution is 6.30. The Bertz CT molecular complexity index is 434. The Labute approximate surface area is 117 Å². The molecule has 0 saturated carbocycles. The number of nitrogens with one attached hydrogen (secondary N) is 2. The van der Waals surface area contributed by atoms with Crippen LogP contribution >= 0.6 is 11.6 Å². The van der Waals surface area contributed by atoms with Gasteiger partial charge in [-0.05, 0) is 17.7 Å². The van der Waals surface area contributed by atoms with Crippen LogP contribution in [-0.2, 0) is 9.59 Å². The van der Waals surface area contributed by atoms with Crippen LogP contribution in [-0.4, -0.2) is 32.0 Å². The van der Waals surface area contributed by atoms with Gasteiger partial charge in [-0.1, -0.05) is 12.1 Å². The molecule has 1 unspecified atom stereocenters. The SMILES string of the molecule is COc1ccc(C(Cl)C(=O)NCCNC(C)=O)cc1. The van der Waals surface area contributed by atoms with Crippen LogP contribution in [0.5, 0.6) is 5.75 Å². The fraction of sp³-hybridized carbons (Fsp3) is 0.385. The van der Waals surface area contributed by atoms with Crippen molar-refractivity contribution >= 4 is 23.4 Å². The minimum absolute atomic E-state index is 0.133. The first kappa shape index (κ1) is 15.3. The molecule has 104 valence electrons. The number of methoxy groups -OCH3 is 1. The van der Waals surface area contributed by atoms with Crippen molar-refractivity contribution in [3.05, 3.63) is 29.8 Å². The van der Waals surface area contributed by atoms with Gasteiger partial charge in [0.2, 0.25) is 11.8 Å². The van der Waals surface area contributed by atoms with Crippen LogP contribution in [0, 0.1) is 0 Å². The molecule has 0 aromatic heterocycles. The molecule has 1 rings (SSSR count). The summed E-state index contributed by atoms with van der Waals surface area (Å²) >= 11 is 6.05. The van der Waals surface area contributed by atoms with Gasteiger partial charge < -0.3 is 15.4 Å². The smallest absolute Gasteiger partial charge is 0.242 e. The van der Waals surface area contributed by atoms with Crippen LogP contribution in [0.15, 0.2) is 24.3 Å². The van der Waals surface area contributed by atoms with Gasteiger partial charge in [-0.2, -0.15) is 0 Å². The third-order valence-corrected chi connectivity index (χ3v) is 2.89. The highest BCUT2D eigenvalue weighted by atomic mass is 35.5. The summed E-state index contributed by atoms with van der Waals surface area (Å²) in [5, 5.41) is 4.47. The molecule has 5 nitrogen and oxygen atoms in total. The van der Waals surface area contributed by atoms with Gasteiger partial charge in [-0.25, -0.2) is 0 Å². The van der Waals surface area contributed by atoms with E-state index in [1.165, 1.54) is 6.92 Å². The molecule has 2 amide bonds. The average Bonchev–Trinajstić information content (AvgIpc) is 2.42. The second kappa shape index (κ2) is 7.63. The summed E-state index contributed by atoms with van der Waals surface area (Å²) in [6, 6.07) is 6.97. The zero-order valence-electron chi connectivity index (χ0n) is 10.9. The van der Waals surface area contributed by atoms with E-state index in [2.05, 4.69) is 10.6 Å². The Kier molecular flexibility index (Phi) is 6.15. The fourth-order valence-corrected chi connectivity index (χ4v) is 1.66. The largest absolute Gasteiger partial charge is 0.497 e. The van der Waals surface area contributed by atoms with Gasteiger partial charge in [0.05, 0.1) is 7.11 Å². The number of hydrogen-bond acceptors (Lipinski definition) is 3. The number of carbonyl (C=O) groups excluding carboxylic acids is 2. The summed E-state index contributed by atoms with van der Waals surface area (Å²) in [5.74, 6) is 0.280. The molecule has 0 saturated heterocycles. The number of ether oxygens (including phenoxy) is 1. The highest BCUT2D eigenvalue weighted by Gasteiger charge is 2.16. The summed E-state index contributed by atoms with van der Waals surface area (Å²) in [5.41, 5.74) is 0.694. The van der Waals surface area contributed by atoms with Gasteiger partial charge in [0, 0.05) is 20.0 Å². The maximum atomic E-state index is 11.8. The van der Waals surface area contributed by atoms with Gasteiger partial charge in [-0.3, -0.25) is 9.59 Å². The molecule has 19 heavy (non-hydrogen) atoms. The van der Waals surface area contributed by atoms with E-state index in [0.717, 1.165) is 0 Å². The lowest BCUT2D eigenvalue weighted by atomic mass is 10.1. The zero-order valence-corrected chi connectivity index (χ0v) is 11.7. The van der Waals surface area contributed by atoms with Crippen molar-refractivity contribution in [2.75, 3.05) is 20.2 Å². The predicted molar refractivity (Wildman–Crippen MR) is 73.3 cm³/mol. The van der Waals surface area contributed by atoms with E-state index in [1.807, 2.05) is 0 Å². The third kappa shape index (κ3) is 5.18. The summed E-state index contributed by atoms with van der Waals surface area (Å²) in [7, 11) is 1.57. The minimum atomic E-state index is -0.761. The van der Waals surface area contributed by atoms with Gasteiger partial charge in [-0.15, -0.1) is 11.6 Å². The number of hydrogen-bond donors (Lipinski definition) is 2. The molecule has 0 aliphatic rings. The molecule has 0 spiro atoms. The second-order valence-electron chi connectivity index (χ2n) is 3.91. The first-order chi connectivity index (χ1) is 9.04. The predicted octanol–water partition coefficient (Wildman–Crippen LogP) is 1.23. The van der Waals surface area contributed by atoms with Crippen molar-refractivity contribution in [3.63, 3.8) is 0 Å². The Hall–Kier alpha value is -1.75. The van der Waals surface area contributed by atoms with Crippen LogP contribution < -0.4 is 15.4 Å². The minimum Gasteiger partial charge on any atom is -0.497 e. The van der Waals surface area contributed by atoms with Crippen LogP contribution in [0.1, 0.15) is 17.9 Å². The number of benzene rings is 1. The molecule has 6 heteroatoms. The Balaban J connectivity index is 2.44. The topological polar surface area (TPSA) is 67.4 Å². The quantitative estimate of drug-likeness (QED) is 0.610. The summed E-state index contributed by atoms with van der Waals surface area (Å²) < 4.78 is 5.03. The fourth-order valence-electron chi connectivity index (χ4n) is 1.44. The molecule has 1 aromatic carbocycles. The first-order valence-electron chi connectivity index (χ1n) is 5.84. The summed E-state index contributed by atoms with van der Waals surface area (Å²) in [4.78, 5) is 22.4. The van der Waals surface area contributed by atoms with E-state index in [-0.39, 0.29) is 11.8 Å². The molecule has 2 N–H and O–H groups in total. The van der Waals surface area contributed by atoms with Crippen molar-refractivity contribution in [1.29, 1.82) is 0 Å². The number of amides is 2. The van der Waals surface area contributed by atoms with E-state index in [1.54, 1.807) is 31.4 Å². The third-order valence-electron chi connectivity index (χ3n) is 2.44. The van der Waals surface area contributed by atoms with Crippen molar-refractivity contribution in [3.8, 4) is 5.75 Å². The van der Waals surface area contributed by atoms with E-state index in [0.29, 0.717) is 24.4 Å². The molecule has 0 aliphatic heterocycles. The highest BCUT2D eigenvalue weighted by Crippen LogP contribution is 2.22. The molecule has 0 aliphatic carbocycles. The van der Waals surface area contributed by atoms with E-state index < -0.39 is 5.38 Å². The molecular weight excluding hydrogens is 268 g/mol.